The molecule has 13 nitrogen and oxygen atoms in total. The van der Waals surface area contributed by atoms with Crippen molar-refractivity contribution >= 4 is 39.6 Å². The molecule has 5 amide bonds. The first-order chi connectivity index (χ1) is 23.1. The minimum atomic E-state index is -3.85. The highest BCUT2D eigenvalue weighted by atomic mass is 32.2. The predicted molar refractivity (Wildman–Crippen MR) is 189 cm³/mol. The molecule has 278 valence electrons. The number of nitrogens with one attached hydrogen (secondary N) is 4. The van der Waals surface area contributed by atoms with Crippen molar-refractivity contribution in [2.45, 2.75) is 116 Å². The first-order valence-electron chi connectivity index (χ1n) is 17.7. The zero-order valence-corrected chi connectivity index (χ0v) is 31.5. The van der Waals surface area contributed by atoms with Crippen molar-refractivity contribution < 1.29 is 32.4 Å². The summed E-state index contributed by atoms with van der Waals surface area (Å²) in [6.45, 7) is 15.4. The summed E-state index contributed by atoms with van der Waals surface area (Å²) in [6, 6.07) is 4.28. The maximum absolute atomic E-state index is 14.4. The fourth-order valence-corrected chi connectivity index (χ4v) is 8.99. The second-order valence-corrected chi connectivity index (χ2v) is 18.7. The number of likely N-dealkylation sites (tertiary alicyclic amines) is 1. The maximum Gasteiger partial charge on any atom is 0.315 e. The Kier molecular flexibility index (Phi) is 11.5. The summed E-state index contributed by atoms with van der Waals surface area (Å²) in [5.41, 5.74) is 3.32. The largest absolute Gasteiger partial charge is 0.363 e. The molecule has 2 saturated carbocycles. The van der Waals surface area contributed by atoms with E-state index in [4.69, 9.17) is 5.73 Å². The molecule has 2 aliphatic carbocycles. The molecule has 6 N–H and O–H groups in total. The van der Waals surface area contributed by atoms with Gasteiger partial charge in [0.15, 0.2) is 0 Å². The molecular formula is C36H56N6O7S. The lowest BCUT2D eigenvalue weighted by atomic mass is 9.80. The number of sulfonamides is 1. The number of ketones is 1. The molecule has 3 aliphatic rings. The Hall–Kier alpha value is -3.52. The minimum absolute atomic E-state index is 0.0422. The van der Waals surface area contributed by atoms with Crippen LogP contribution in [-0.4, -0.2) is 79.6 Å². The highest BCUT2D eigenvalue weighted by Crippen LogP contribution is 2.65. The third-order valence-corrected chi connectivity index (χ3v) is 12.2. The summed E-state index contributed by atoms with van der Waals surface area (Å²) in [5.74, 6) is -2.74. The molecule has 14 heteroatoms. The molecule has 3 fully saturated rings. The number of piperidine rings is 1. The van der Waals surface area contributed by atoms with Gasteiger partial charge in [-0.25, -0.2) is 17.9 Å². The van der Waals surface area contributed by atoms with E-state index < -0.39 is 68.6 Å². The molecule has 0 spiro atoms. The molecule has 1 aromatic carbocycles. The van der Waals surface area contributed by atoms with E-state index in [1.54, 1.807) is 25.1 Å². The van der Waals surface area contributed by atoms with Crippen LogP contribution in [0.5, 0.6) is 0 Å². The number of hydrogen-bond donors (Lipinski definition) is 5. The number of urea groups is 1. The Morgan fingerprint density at radius 1 is 1.00 bits per heavy atom. The average molecular weight is 717 g/mol. The number of Topliss-reactive ketones (excluding diaryl/α,β-unsaturated/α-hetero) is 1. The van der Waals surface area contributed by atoms with Crippen molar-refractivity contribution in [3.63, 3.8) is 0 Å². The van der Waals surface area contributed by atoms with Crippen LogP contribution < -0.4 is 26.4 Å². The van der Waals surface area contributed by atoms with Gasteiger partial charge >= 0.3 is 6.03 Å². The van der Waals surface area contributed by atoms with Crippen LogP contribution in [0, 0.1) is 34.5 Å². The normalized spacial score (nSPS) is 23.9. The second kappa shape index (κ2) is 14.6. The highest BCUT2D eigenvalue weighted by molar-refractivity contribution is 7.89. The van der Waals surface area contributed by atoms with Crippen LogP contribution in [0.3, 0.4) is 0 Å². The van der Waals surface area contributed by atoms with Crippen molar-refractivity contribution in [1.29, 1.82) is 0 Å². The Bertz CT molecular complexity index is 1570. The lowest BCUT2D eigenvalue weighted by Gasteiger charge is -2.39. The van der Waals surface area contributed by atoms with Crippen molar-refractivity contribution in [2.24, 2.45) is 40.2 Å². The quantitative estimate of drug-likeness (QED) is 0.172. The van der Waals surface area contributed by atoms with E-state index in [0.717, 1.165) is 19.3 Å². The summed E-state index contributed by atoms with van der Waals surface area (Å²) in [4.78, 5) is 68.3. The first-order valence-corrected chi connectivity index (χ1v) is 19.1. The molecule has 4 rings (SSSR count). The van der Waals surface area contributed by atoms with Gasteiger partial charge in [0.2, 0.25) is 27.6 Å². The standard InChI is InChI=1S/C36H56N6O7S/c1-21(2)18-36(8,20-38-50(48,49)23-15-10-9-11-16-23)41-33(47)40-29(34(3,4)5)32(46)42-19-24-26(35(24,6)7)27(42)31(45)39-25(28(43)30(37)44)17-22-13-12-14-22/h9-11,15-16,21-22,24-27,29,38H,12-14,17-20H2,1-8H3,(H2,37,44)(H,39,45)(H2,40,41,47)/t24-,25?,26-,27-,29+,36?/m0/s1. The van der Waals surface area contributed by atoms with Crippen molar-refractivity contribution in [3.8, 4) is 0 Å². The number of amides is 5. The second-order valence-electron chi connectivity index (χ2n) is 16.9. The van der Waals surface area contributed by atoms with Gasteiger partial charge in [0.05, 0.1) is 16.5 Å². The Morgan fingerprint density at radius 2 is 1.62 bits per heavy atom. The smallest absolute Gasteiger partial charge is 0.315 e. The van der Waals surface area contributed by atoms with Crippen LogP contribution in [0.15, 0.2) is 35.2 Å². The van der Waals surface area contributed by atoms with Crippen LogP contribution in [0.4, 0.5) is 4.79 Å². The monoisotopic (exact) mass is 716 g/mol. The lowest BCUT2D eigenvalue weighted by molar-refractivity contribution is -0.145. The Balaban J connectivity index is 1.52. The lowest BCUT2D eigenvalue weighted by Crippen LogP contribution is -2.63. The maximum atomic E-state index is 14.4. The van der Waals surface area contributed by atoms with Gasteiger partial charge in [-0.1, -0.05) is 85.9 Å². The summed E-state index contributed by atoms with van der Waals surface area (Å²) < 4.78 is 28.6. The van der Waals surface area contributed by atoms with E-state index in [9.17, 15) is 32.4 Å². The minimum Gasteiger partial charge on any atom is -0.363 e. The van der Waals surface area contributed by atoms with Gasteiger partial charge in [0.25, 0.3) is 5.91 Å². The van der Waals surface area contributed by atoms with Gasteiger partial charge in [-0.2, -0.15) is 0 Å². The fourth-order valence-electron chi connectivity index (χ4n) is 7.80. The van der Waals surface area contributed by atoms with E-state index in [-0.39, 0.29) is 40.5 Å². The van der Waals surface area contributed by atoms with E-state index in [1.807, 2.05) is 48.5 Å². The summed E-state index contributed by atoms with van der Waals surface area (Å²) in [5, 5.41) is 8.57. The topological polar surface area (TPSA) is 197 Å². The van der Waals surface area contributed by atoms with Crippen molar-refractivity contribution in [3.05, 3.63) is 30.3 Å². The van der Waals surface area contributed by atoms with Crippen molar-refractivity contribution in [2.75, 3.05) is 13.1 Å². The molecule has 1 heterocycles. The van der Waals surface area contributed by atoms with Gasteiger partial charge in [0.1, 0.15) is 12.1 Å². The summed E-state index contributed by atoms with van der Waals surface area (Å²) in [7, 11) is -3.85. The van der Waals surface area contributed by atoms with E-state index in [0.29, 0.717) is 19.4 Å². The Morgan fingerprint density at radius 3 is 2.14 bits per heavy atom. The number of fused-ring (bicyclic) bond motifs is 1. The van der Waals surface area contributed by atoms with Gasteiger partial charge in [-0.3, -0.25) is 19.2 Å². The predicted octanol–water partition coefficient (Wildman–Crippen LogP) is 2.70. The van der Waals surface area contributed by atoms with E-state index >= 15 is 0 Å². The number of carbonyl (C=O) groups is 5. The molecule has 2 unspecified atom stereocenters. The summed E-state index contributed by atoms with van der Waals surface area (Å²) in [6.07, 6.45) is 3.58. The molecule has 0 aromatic heterocycles. The van der Waals surface area contributed by atoms with Crippen LogP contribution in [0.2, 0.25) is 0 Å². The zero-order valence-electron chi connectivity index (χ0n) is 30.7. The molecule has 0 radical (unpaired) electrons. The number of hydrogen-bond acceptors (Lipinski definition) is 7. The first kappa shape index (κ1) is 39.3. The number of primary amides is 1. The number of nitrogens with zero attached hydrogens (tertiary/aromatic N) is 1. The third-order valence-electron chi connectivity index (χ3n) is 10.8. The van der Waals surface area contributed by atoms with Gasteiger partial charge < -0.3 is 26.6 Å². The number of rotatable bonds is 15. The summed E-state index contributed by atoms with van der Waals surface area (Å²) >= 11 is 0. The SMILES string of the molecule is CC(C)CC(C)(CNS(=O)(=O)c1ccccc1)NC(=O)N[C@H](C(=O)N1C[C@H]2[C@@H]([C@H]1C(=O)NC(CC1CCC1)C(=O)C(N)=O)C2(C)C)C(C)(C)C. The average Bonchev–Trinajstić information content (AvgIpc) is 3.30. The molecule has 1 aliphatic heterocycles. The molecule has 6 atom stereocenters. The molecule has 50 heavy (non-hydrogen) atoms. The molecule has 1 saturated heterocycles. The number of nitrogens with two attached hydrogens (primary N) is 1. The van der Waals surface area contributed by atoms with Crippen molar-refractivity contribution in [1.82, 2.24) is 25.6 Å². The van der Waals surface area contributed by atoms with Gasteiger partial charge in [-0.15, -0.1) is 0 Å². The van der Waals surface area contributed by atoms with Gasteiger partial charge in [-0.05, 0) is 66.4 Å². The van der Waals surface area contributed by atoms with Crippen LogP contribution in [0.25, 0.3) is 0 Å². The van der Waals surface area contributed by atoms with Crippen LogP contribution >= 0.6 is 0 Å². The Labute approximate surface area is 296 Å². The fraction of sp³-hybridized carbons (Fsp3) is 0.694. The molecule has 1 aromatic rings. The molecular weight excluding hydrogens is 660 g/mol. The van der Waals surface area contributed by atoms with E-state index in [1.165, 1.54) is 17.0 Å². The van der Waals surface area contributed by atoms with Gasteiger partial charge in [0, 0.05) is 13.1 Å². The van der Waals surface area contributed by atoms with E-state index in [2.05, 4.69) is 20.7 Å². The molecule has 0 bridgehead atoms. The third kappa shape index (κ3) is 8.85. The zero-order chi connectivity index (χ0) is 37.4. The van der Waals surface area contributed by atoms with Crippen LogP contribution in [-0.2, 0) is 29.2 Å². The highest BCUT2D eigenvalue weighted by Gasteiger charge is 2.70. The number of benzene rings is 1. The van der Waals surface area contributed by atoms with Crippen LogP contribution in [0.1, 0.15) is 87.5 Å². The number of carbonyl (C=O) groups excluding carboxylic acids is 5.